The monoisotopic (exact) mass is 640 g/mol. The summed E-state index contributed by atoms with van der Waals surface area (Å²) in [6, 6.07) is 15.4. The van der Waals surface area contributed by atoms with Gasteiger partial charge in [0.15, 0.2) is 0 Å². The molecule has 2 N–H and O–H groups in total. The van der Waals surface area contributed by atoms with Crippen molar-refractivity contribution in [3.8, 4) is 16.2 Å². The summed E-state index contributed by atoms with van der Waals surface area (Å²) >= 11 is 1.80. The van der Waals surface area contributed by atoms with Crippen molar-refractivity contribution in [3.63, 3.8) is 0 Å². The number of anilines is 1. The summed E-state index contributed by atoms with van der Waals surface area (Å²) < 4.78 is 5.49. The van der Waals surface area contributed by atoms with Crippen LogP contribution in [0.25, 0.3) is 10.4 Å². The van der Waals surface area contributed by atoms with Crippen LogP contribution in [0, 0.1) is 24.7 Å². The molecule has 4 fully saturated rings. The fourth-order valence-corrected chi connectivity index (χ4v) is 8.76. The van der Waals surface area contributed by atoms with Crippen molar-refractivity contribution in [2.75, 3.05) is 31.6 Å². The second kappa shape index (κ2) is 13.9. The summed E-state index contributed by atoms with van der Waals surface area (Å²) in [6.07, 6.45) is 12.4. The van der Waals surface area contributed by atoms with Gasteiger partial charge in [-0.25, -0.2) is 4.98 Å². The van der Waals surface area contributed by atoms with Crippen LogP contribution in [0.1, 0.15) is 92.2 Å². The van der Waals surface area contributed by atoms with Crippen LogP contribution in [0.15, 0.2) is 48.7 Å². The average molecular weight is 641 g/mol. The highest BCUT2D eigenvalue weighted by Gasteiger charge is 2.35. The number of hydrogen-bond acceptors (Lipinski definition) is 6. The van der Waals surface area contributed by atoms with E-state index in [1.165, 1.54) is 33.9 Å². The number of carbonyl (C=O) groups is 2. The maximum Gasteiger partial charge on any atom is 0.230 e. The number of amides is 2. The van der Waals surface area contributed by atoms with Crippen molar-refractivity contribution in [1.29, 1.82) is 0 Å². The molecular weight excluding hydrogens is 593 g/mol. The first-order valence-electron chi connectivity index (χ1n) is 17.5. The molecule has 8 heteroatoms. The molecule has 0 bridgehead atoms. The Morgan fingerprint density at radius 2 is 1.70 bits per heavy atom. The van der Waals surface area contributed by atoms with Crippen LogP contribution in [0.4, 0.5) is 5.69 Å². The number of nitrogens with one attached hydrogen (secondary N) is 2. The Labute approximate surface area is 277 Å². The lowest BCUT2D eigenvalue weighted by Gasteiger charge is -2.37. The smallest absolute Gasteiger partial charge is 0.230 e. The normalized spacial score (nSPS) is 25.0. The van der Waals surface area contributed by atoms with E-state index in [4.69, 9.17) is 9.72 Å². The minimum atomic E-state index is -0.00864. The van der Waals surface area contributed by atoms with Crippen molar-refractivity contribution in [3.05, 3.63) is 64.8 Å². The molecule has 0 unspecified atom stereocenters. The highest BCUT2D eigenvalue weighted by atomic mass is 32.1. The third-order valence-corrected chi connectivity index (χ3v) is 12.1. The van der Waals surface area contributed by atoms with Gasteiger partial charge in [-0.3, -0.25) is 9.59 Å². The van der Waals surface area contributed by atoms with Gasteiger partial charge in [-0.1, -0.05) is 24.3 Å². The zero-order valence-corrected chi connectivity index (χ0v) is 28.1. The molecule has 2 amide bonds. The number of hydrogen-bond donors (Lipinski definition) is 2. The van der Waals surface area contributed by atoms with Crippen molar-refractivity contribution in [1.82, 2.24) is 15.6 Å². The molecule has 0 atom stereocenters. The average Bonchev–Trinajstić information content (AvgIpc) is 3.79. The fourth-order valence-electron chi connectivity index (χ4n) is 7.68. The zero-order valence-electron chi connectivity index (χ0n) is 27.3. The highest BCUT2D eigenvalue weighted by molar-refractivity contribution is 7.15. The molecule has 0 radical (unpaired) electrons. The van der Waals surface area contributed by atoms with E-state index in [0.29, 0.717) is 17.8 Å². The van der Waals surface area contributed by atoms with Crippen LogP contribution in [-0.2, 0) is 9.59 Å². The predicted molar refractivity (Wildman–Crippen MR) is 185 cm³/mol. The highest BCUT2D eigenvalue weighted by Crippen LogP contribution is 2.44. The second-order valence-corrected chi connectivity index (χ2v) is 15.3. The van der Waals surface area contributed by atoms with E-state index in [0.717, 1.165) is 88.0 Å². The Morgan fingerprint density at radius 1 is 0.935 bits per heavy atom. The van der Waals surface area contributed by atoms with E-state index in [9.17, 15) is 9.59 Å². The van der Waals surface area contributed by atoms with E-state index < -0.39 is 0 Å². The minimum absolute atomic E-state index is 0.00864. The Kier molecular flexibility index (Phi) is 9.45. The summed E-state index contributed by atoms with van der Waals surface area (Å²) in [5.74, 6) is 3.13. The van der Waals surface area contributed by atoms with Crippen molar-refractivity contribution < 1.29 is 14.3 Å². The number of benzene rings is 2. The largest absolute Gasteiger partial charge is 0.496 e. The lowest BCUT2D eigenvalue weighted by Crippen LogP contribution is -2.53. The Bertz CT molecular complexity index is 1530. The van der Waals surface area contributed by atoms with Gasteiger partial charge >= 0.3 is 0 Å². The number of aromatic nitrogens is 1. The first-order valence-corrected chi connectivity index (χ1v) is 18.3. The first kappa shape index (κ1) is 31.4. The van der Waals surface area contributed by atoms with E-state index >= 15 is 0 Å². The quantitative estimate of drug-likeness (QED) is 0.245. The molecule has 4 aliphatic rings. The van der Waals surface area contributed by atoms with Crippen molar-refractivity contribution in [2.45, 2.75) is 89.0 Å². The molecule has 1 aliphatic heterocycles. The molecule has 46 heavy (non-hydrogen) atoms. The maximum atomic E-state index is 14.4. The Morgan fingerprint density at radius 3 is 2.37 bits per heavy atom. The Hall–Kier alpha value is -3.23. The van der Waals surface area contributed by atoms with Crippen molar-refractivity contribution in [2.24, 2.45) is 17.8 Å². The van der Waals surface area contributed by atoms with Gasteiger partial charge in [0.2, 0.25) is 11.8 Å². The fraction of sp³-hybridized carbons (Fsp3) is 0.553. The van der Waals surface area contributed by atoms with Gasteiger partial charge in [-0.05, 0) is 118 Å². The summed E-state index contributed by atoms with van der Waals surface area (Å²) in [6.45, 7) is 4.44. The standard InChI is InChI=1S/C38H48N4O3S/c1-24-18-29(14-17-34(24)45-2)26-8-6-25(7-9-26)23-42(33-5-3-4-30(19-33)35-22-40-37(46-35)27-10-11-27)38(44)28-12-15-32(16-13-28)41-36(43)31-20-39-21-31/h3-5,14,17-19,22,25-28,31-32,39H,6-13,15-16,20-21,23H2,1-2H3,(H,41,43)/t25-,26-,28-,32-. The van der Waals surface area contributed by atoms with Gasteiger partial charge in [-0.15, -0.1) is 11.3 Å². The lowest BCUT2D eigenvalue weighted by molar-refractivity contribution is -0.127. The SMILES string of the molecule is COc1ccc([C@H]2CC[C@H](CN(c3cccc(-c4cnc(C5CC5)s4)c3)C(=O)[C@H]3CC[C@H](NC(=O)C4CNC4)CC3)CC2)cc1C. The number of methoxy groups -OCH3 is 1. The van der Waals surface area contributed by atoms with Crippen LogP contribution in [0.2, 0.25) is 0 Å². The summed E-state index contributed by atoms with van der Waals surface area (Å²) in [5, 5.41) is 7.69. The van der Waals surface area contributed by atoms with E-state index in [1.54, 1.807) is 18.4 Å². The van der Waals surface area contributed by atoms with Crippen LogP contribution in [-0.4, -0.2) is 49.6 Å². The third kappa shape index (κ3) is 7.03. The number of rotatable bonds is 10. The molecule has 7 rings (SSSR count). The van der Waals surface area contributed by atoms with E-state index in [-0.39, 0.29) is 29.7 Å². The van der Waals surface area contributed by atoms with Gasteiger partial charge < -0.3 is 20.3 Å². The molecule has 7 nitrogen and oxygen atoms in total. The lowest BCUT2D eigenvalue weighted by atomic mass is 9.78. The molecule has 1 saturated heterocycles. The van der Waals surface area contributed by atoms with E-state index in [1.807, 2.05) is 6.20 Å². The topological polar surface area (TPSA) is 83.6 Å². The number of aryl methyl sites for hydroxylation is 1. The number of nitrogens with zero attached hydrogens (tertiary/aromatic N) is 2. The molecule has 3 aromatic rings. The van der Waals surface area contributed by atoms with Gasteiger partial charge in [0.25, 0.3) is 0 Å². The third-order valence-electron chi connectivity index (χ3n) is 10.9. The van der Waals surface area contributed by atoms with Crippen LogP contribution in [0.5, 0.6) is 5.75 Å². The van der Waals surface area contributed by atoms with Gasteiger partial charge in [0.05, 0.1) is 22.9 Å². The van der Waals surface area contributed by atoms with Crippen LogP contribution in [0.3, 0.4) is 0 Å². The maximum absolute atomic E-state index is 14.4. The van der Waals surface area contributed by atoms with Gasteiger partial charge in [0.1, 0.15) is 5.75 Å². The second-order valence-electron chi connectivity index (χ2n) is 14.2. The van der Waals surface area contributed by atoms with Gasteiger partial charge in [0, 0.05) is 49.4 Å². The summed E-state index contributed by atoms with van der Waals surface area (Å²) in [4.78, 5) is 35.0. The molecule has 3 aliphatic carbocycles. The van der Waals surface area contributed by atoms with E-state index in [2.05, 4.69) is 64.9 Å². The Balaban J connectivity index is 1.05. The van der Waals surface area contributed by atoms with Crippen LogP contribution < -0.4 is 20.3 Å². The van der Waals surface area contributed by atoms with Crippen molar-refractivity contribution >= 4 is 28.8 Å². The zero-order chi connectivity index (χ0) is 31.6. The molecule has 1 aromatic heterocycles. The number of carbonyl (C=O) groups excluding carboxylic acids is 2. The summed E-state index contributed by atoms with van der Waals surface area (Å²) in [7, 11) is 1.73. The van der Waals surface area contributed by atoms with Gasteiger partial charge in [-0.2, -0.15) is 0 Å². The number of thiazole rings is 1. The molecule has 2 aromatic carbocycles. The minimum Gasteiger partial charge on any atom is -0.496 e. The molecular formula is C38H48N4O3S. The number of ether oxygens (including phenoxy) is 1. The molecule has 3 saturated carbocycles. The molecule has 2 heterocycles. The first-order chi connectivity index (χ1) is 22.4. The molecule has 0 spiro atoms. The predicted octanol–water partition coefficient (Wildman–Crippen LogP) is 7.21. The van der Waals surface area contributed by atoms with Crippen LogP contribution >= 0.6 is 11.3 Å². The molecule has 244 valence electrons. The summed E-state index contributed by atoms with van der Waals surface area (Å²) in [5.41, 5.74) is 4.75.